The Bertz CT molecular complexity index is 4490. The Balaban J connectivity index is 0.000000453. The third kappa shape index (κ3) is 26.5. The van der Waals surface area contributed by atoms with Crippen molar-refractivity contribution in [3.05, 3.63) is 235 Å². The molecule has 0 bridgehead atoms. The van der Waals surface area contributed by atoms with E-state index in [0.29, 0.717) is 60.0 Å². The Kier molecular flexibility index (Phi) is 41.4. The topological polar surface area (TPSA) is 225 Å². The Morgan fingerprint density at radius 3 is 1.36 bits per heavy atom. The highest BCUT2D eigenvalue weighted by molar-refractivity contribution is 7.85. The van der Waals surface area contributed by atoms with Crippen LogP contribution >= 0.6 is 114 Å². The smallest absolute Gasteiger partial charge is 0.415 e. The number of carboxylic acid groups (broad SMARTS) is 1. The number of amides is 4. The lowest BCUT2D eigenvalue weighted by Crippen LogP contribution is -2.55. The average molecular weight is 1830 g/mol. The van der Waals surface area contributed by atoms with Gasteiger partial charge in [0, 0.05) is 86.5 Å². The maximum absolute atomic E-state index is 13.9. The van der Waals surface area contributed by atoms with Crippen LogP contribution in [0.4, 0.5) is 35.9 Å². The van der Waals surface area contributed by atoms with Gasteiger partial charge in [0.25, 0.3) is 0 Å². The quantitative estimate of drug-likeness (QED) is 0.0424. The van der Waals surface area contributed by atoms with Crippen LogP contribution < -0.4 is 24.3 Å². The zero-order chi connectivity index (χ0) is 81.2. The summed E-state index contributed by atoms with van der Waals surface area (Å²) in [5.41, 5.74) is 3.48. The molecular weight excluding hydrogens is 1730 g/mol. The molecule has 36 heteroatoms. The number of methoxy groups -OCH3 is 2. The lowest BCUT2D eigenvalue weighted by molar-refractivity contribution is -0.163. The van der Waals surface area contributed by atoms with Crippen LogP contribution in [0.1, 0.15) is 103 Å². The van der Waals surface area contributed by atoms with E-state index >= 15 is 0 Å². The Morgan fingerprint density at radius 2 is 0.948 bits per heavy atom. The monoisotopic (exact) mass is 1830 g/mol. The zero-order valence-electron chi connectivity index (χ0n) is 64.4. The van der Waals surface area contributed by atoms with E-state index in [0.717, 1.165) is 59.9 Å². The molecule has 7 aromatic rings. The number of alkyl halides is 6. The second kappa shape index (κ2) is 46.3. The molecule has 116 heavy (non-hydrogen) atoms. The van der Waals surface area contributed by atoms with E-state index in [1.165, 1.54) is 99.2 Å². The number of rotatable bonds is 22. The highest BCUT2D eigenvalue weighted by Gasteiger charge is 2.50. The summed E-state index contributed by atoms with van der Waals surface area (Å²) in [6.07, 6.45) is -9.97. The highest BCUT2D eigenvalue weighted by atomic mass is 35.5. The minimum absolute atomic E-state index is 0. The van der Waals surface area contributed by atoms with Gasteiger partial charge >= 0.3 is 30.5 Å². The molecule has 4 aliphatic heterocycles. The van der Waals surface area contributed by atoms with E-state index in [2.05, 4.69) is 47.1 Å². The van der Waals surface area contributed by atoms with Crippen LogP contribution in [-0.4, -0.2) is 174 Å². The number of benzene rings is 7. The van der Waals surface area contributed by atoms with Crippen molar-refractivity contribution >= 4 is 165 Å². The van der Waals surface area contributed by atoms with Gasteiger partial charge in [0.15, 0.2) is 6.10 Å². The number of halogens is 10. The number of carbonyl (C=O) groups excluding carboxylic acids is 4. The Morgan fingerprint density at radius 1 is 0.552 bits per heavy atom. The lowest BCUT2D eigenvalue weighted by atomic mass is 9.82. The fourth-order valence-corrected chi connectivity index (χ4v) is 18.6. The standard InChI is InChI=1S/C36H40Cl2F3N3O5S.C24H25Cl2F3N2O4.C12H15NOS.C8H8O3.5H2S/c1-42(32(45)22-36(39,40)41)24-34(26-12-13-30(37)31(38)20-26,43(2)33(46)49-28-10-6-9-27(21-28)48-3)14-7-17-44-18-15-35(16-19-44)29-11-5-4-8-25(29)23-50(35)47;1-5-11-23(16-9-10-19(25)20(26)12-16,15-30(2)21(32)14-24(27,28)29)31(3)22(33)35-18-8-6-7-17(13-18)34-4;14-15-9-10-3-1-2-4-11(10)12(15)5-7-13-8-6-12;9-7(8(10)11)6-4-2-1-3-5-6;;;;;/h4-6,8-13,20-21H,7,14-19,22-24H2,1-3H3;5-10,12-13H,1,11,14-15H2,2-4H3;1-4,13H,5-9H2;1-5,7,9H,(H,10,11);5*1H2/t34-,50?;23-;;7-;;;;;/m11.1...../s1. The first-order valence-corrected chi connectivity index (χ1v) is 39.3. The predicted molar refractivity (Wildman–Crippen MR) is 469 cm³/mol. The van der Waals surface area contributed by atoms with Crippen molar-refractivity contribution in [2.75, 3.05) is 88.2 Å². The first kappa shape index (κ1) is 104. The zero-order valence-corrected chi connectivity index (χ0v) is 74.1. The van der Waals surface area contributed by atoms with E-state index in [9.17, 15) is 58.7 Å². The SMILES string of the molecule is C=CC[C@@](CN(C)C(=O)CC(F)(F)F)(c1ccc(Cl)c(Cl)c1)N(C)C(=O)Oc1cccc(OC)c1.COc1cccc(OC(=O)N(C)[C@](CCCN2CCC3(CC2)c2ccccc2CS3=O)(CN(C)C(=O)CC(F)(F)F)c2ccc(Cl)c(Cl)c2)c1.O=C(O)[C@H](O)c1ccccc1.O=S1Cc2ccccc2C12CCNCC2.S.S.S.S.S. The van der Waals surface area contributed by atoms with Crippen molar-refractivity contribution in [1.82, 2.24) is 29.8 Å². The van der Waals surface area contributed by atoms with Crippen molar-refractivity contribution in [3.63, 3.8) is 0 Å². The van der Waals surface area contributed by atoms with Gasteiger partial charge in [-0.15, -0.1) is 6.58 Å². The molecular formula is C80H98Cl4F6N6O13S7. The van der Waals surface area contributed by atoms with Gasteiger partial charge in [-0.05, 0) is 165 Å². The molecule has 4 aliphatic rings. The molecule has 2 spiro atoms. The van der Waals surface area contributed by atoms with Crippen molar-refractivity contribution in [1.29, 1.82) is 0 Å². The van der Waals surface area contributed by atoms with Gasteiger partial charge in [0.2, 0.25) is 11.8 Å². The molecule has 0 radical (unpaired) electrons. The normalized spacial score (nSPS) is 16.6. The predicted octanol–water partition coefficient (Wildman–Crippen LogP) is 17.0. The molecule has 7 aromatic carbocycles. The molecule has 3 N–H and O–H groups in total. The number of hydrogen-bond donors (Lipinski definition) is 3. The maximum Gasteiger partial charge on any atom is 0.415 e. The minimum atomic E-state index is -4.72. The summed E-state index contributed by atoms with van der Waals surface area (Å²) in [7, 11) is 6.63. The van der Waals surface area contributed by atoms with E-state index < -0.39 is 93.9 Å². The molecule has 638 valence electrons. The molecule has 2 saturated heterocycles. The fraction of sp³-hybridized carbons (Fsp3) is 0.388. The molecule has 2 fully saturated rings. The summed E-state index contributed by atoms with van der Waals surface area (Å²) in [4.78, 5) is 69.3. The van der Waals surface area contributed by atoms with Gasteiger partial charge in [0.1, 0.15) is 35.8 Å². The third-order valence-electron chi connectivity index (χ3n) is 20.2. The minimum Gasteiger partial charge on any atom is -0.497 e. The van der Waals surface area contributed by atoms with Gasteiger partial charge in [0.05, 0.1) is 54.9 Å². The van der Waals surface area contributed by atoms with E-state index in [1.54, 1.807) is 91.0 Å². The van der Waals surface area contributed by atoms with Gasteiger partial charge in [-0.25, -0.2) is 14.4 Å². The molecule has 5 atom stereocenters. The third-order valence-corrected chi connectivity index (χ3v) is 25.8. The first-order valence-electron chi connectivity index (χ1n) is 35.2. The van der Waals surface area contributed by atoms with Crippen LogP contribution in [0, 0.1) is 0 Å². The van der Waals surface area contributed by atoms with Gasteiger partial charge in [-0.3, -0.25) is 27.8 Å². The summed E-state index contributed by atoms with van der Waals surface area (Å²) in [6.45, 7) is 7.14. The molecule has 4 amide bonds. The number of nitrogens with one attached hydrogen (secondary N) is 1. The van der Waals surface area contributed by atoms with Gasteiger partial charge < -0.3 is 49.2 Å². The second-order valence-corrected chi connectivity index (χ2v) is 32.4. The molecule has 0 aromatic heterocycles. The average Bonchev–Trinajstić information content (AvgIpc) is 1.53. The van der Waals surface area contributed by atoms with Crippen molar-refractivity contribution < 1.29 is 87.9 Å². The summed E-state index contributed by atoms with van der Waals surface area (Å²) < 4.78 is 125. The molecule has 11 rings (SSSR count). The first-order chi connectivity index (χ1) is 52.5. The van der Waals surface area contributed by atoms with E-state index in [1.807, 2.05) is 18.2 Å². The number of nitrogens with zero attached hydrogens (tertiary/aromatic N) is 5. The van der Waals surface area contributed by atoms with Gasteiger partial charge in [-0.2, -0.15) is 93.8 Å². The van der Waals surface area contributed by atoms with E-state index in [4.69, 9.17) is 75.6 Å². The molecule has 0 saturated carbocycles. The number of fused-ring (bicyclic) bond motifs is 4. The van der Waals surface area contributed by atoms with Crippen molar-refractivity contribution in [2.45, 2.75) is 108 Å². The van der Waals surface area contributed by atoms with Crippen molar-refractivity contribution in [3.8, 4) is 23.0 Å². The number of piperidine rings is 2. The van der Waals surface area contributed by atoms with Crippen LogP contribution in [0.5, 0.6) is 23.0 Å². The van der Waals surface area contributed by atoms with Crippen molar-refractivity contribution in [2.24, 2.45) is 0 Å². The Labute approximate surface area is 732 Å². The van der Waals surface area contributed by atoms with Crippen LogP contribution in [0.15, 0.2) is 176 Å². The van der Waals surface area contributed by atoms with Crippen LogP contribution in [0.3, 0.4) is 0 Å². The number of aliphatic hydroxyl groups excluding tert-OH is 1. The number of likely N-dealkylation sites (tertiary alicyclic amines) is 1. The number of aliphatic hydroxyl groups is 1. The van der Waals surface area contributed by atoms with Crippen LogP contribution in [0.25, 0.3) is 0 Å². The Hall–Kier alpha value is -6.50. The second-order valence-electron chi connectivity index (χ2n) is 27.2. The fourth-order valence-electron chi connectivity index (χ4n) is 14.2. The van der Waals surface area contributed by atoms with Crippen LogP contribution in [0.2, 0.25) is 20.1 Å². The van der Waals surface area contributed by atoms with E-state index in [-0.39, 0.29) is 134 Å². The number of carbonyl (C=O) groups is 5. The summed E-state index contributed by atoms with van der Waals surface area (Å²) >= 11 is 25.0. The molecule has 0 aliphatic carbocycles. The molecule has 4 heterocycles. The summed E-state index contributed by atoms with van der Waals surface area (Å²) in [5, 5.41) is 21.6. The number of hydrogen-bond acceptors (Lipinski definition) is 14. The van der Waals surface area contributed by atoms with Crippen LogP contribution in [-0.2, 0) is 68.1 Å². The molecule has 19 nitrogen and oxygen atoms in total. The number of ether oxygens (including phenoxy) is 4. The maximum atomic E-state index is 13.9. The number of carboxylic acids is 1. The van der Waals surface area contributed by atoms with Gasteiger partial charge in [-0.1, -0.05) is 156 Å². The number of likely N-dealkylation sites (N-methyl/N-ethyl adjacent to an activating group) is 4. The largest absolute Gasteiger partial charge is 0.497 e. The lowest BCUT2D eigenvalue weighted by Gasteiger charge is -2.45. The summed E-state index contributed by atoms with van der Waals surface area (Å²) in [5.74, 6) is -0.934. The highest BCUT2D eigenvalue weighted by Crippen LogP contribution is 2.48. The number of aliphatic carboxylic acids is 1. The molecule has 2 unspecified atom stereocenters. The summed E-state index contributed by atoms with van der Waals surface area (Å²) in [6, 6.07) is 46.9.